The van der Waals surface area contributed by atoms with E-state index in [1.165, 1.54) is 0 Å². The average molecular weight is 246 g/mol. The highest BCUT2D eigenvalue weighted by molar-refractivity contribution is 7.80. The van der Waals surface area contributed by atoms with Crippen LogP contribution < -0.4 is 5.32 Å². The van der Waals surface area contributed by atoms with Gasteiger partial charge >= 0.3 is 0 Å². The summed E-state index contributed by atoms with van der Waals surface area (Å²) in [5, 5.41) is 13.2. The van der Waals surface area contributed by atoms with E-state index in [4.69, 9.17) is 22.1 Å². The number of methoxy groups -OCH3 is 1. The minimum Gasteiger partial charge on any atom is -0.396 e. The standard InChI is InChI=1S/C11H22N2O2S/c1-15-7-3-5-12-11(16)13-6-2-4-10(8-13)9-14/h10,14H,2-9H2,1H3,(H,12,16). The maximum atomic E-state index is 9.13. The van der Waals surface area contributed by atoms with Crippen molar-refractivity contribution in [3.63, 3.8) is 0 Å². The number of ether oxygens (including phenoxy) is 1. The lowest BCUT2D eigenvalue weighted by Crippen LogP contribution is -2.46. The molecular formula is C11H22N2O2S. The van der Waals surface area contributed by atoms with Gasteiger partial charge in [0.1, 0.15) is 0 Å². The third kappa shape index (κ3) is 4.63. The predicted molar refractivity (Wildman–Crippen MR) is 68.5 cm³/mol. The molecule has 0 aromatic rings. The molecule has 2 N–H and O–H groups in total. The van der Waals surface area contributed by atoms with E-state index in [9.17, 15) is 0 Å². The van der Waals surface area contributed by atoms with Gasteiger partial charge in [-0.25, -0.2) is 0 Å². The summed E-state index contributed by atoms with van der Waals surface area (Å²) in [6, 6.07) is 0. The van der Waals surface area contributed by atoms with Gasteiger partial charge in [-0.3, -0.25) is 0 Å². The van der Waals surface area contributed by atoms with Crippen LogP contribution in [0.15, 0.2) is 0 Å². The molecule has 5 heteroatoms. The van der Waals surface area contributed by atoms with Crippen LogP contribution in [0.3, 0.4) is 0 Å². The highest BCUT2D eigenvalue weighted by Gasteiger charge is 2.20. The summed E-state index contributed by atoms with van der Waals surface area (Å²) in [5.74, 6) is 0.382. The van der Waals surface area contributed by atoms with Crippen molar-refractivity contribution in [2.24, 2.45) is 5.92 Å². The summed E-state index contributed by atoms with van der Waals surface area (Å²) >= 11 is 5.32. The van der Waals surface area contributed by atoms with Crippen molar-refractivity contribution >= 4 is 17.3 Å². The molecule has 0 aromatic carbocycles. The minimum absolute atomic E-state index is 0.267. The molecule has 1 saturated heterocycles. The van der Waals surface area contributed by atoms with Crippen LogP contribution >= 0.6 is 12.2 Å². The van der Waals surface area contributed by atoms with Gasteiger partial charge in [0.15, 0.2) is 5.11 Å². The van der Waals surface area contributed by atoms with Crippen molar-refractivity contribution < 1.29 is 9.84 Å². The second-order valence-electron chi connectivity index (χ2n) is 4.22. The van der Waals surface area contributed by atoms with Crippen molar-refractivity contribution in [3.05, 3.63) is 0 Å². The lowest BCUT2D eigenvalue weighted by molar-refractivity contribution is 0.159. The zero-order chi connectivity index (χ0) is 11.8. The van der Waals surface area contributed by atoms with Crippen molar-refractivity contribution in [1.29, 1.82) is 0 Å². The number of nitrogens with one attached hydrogen (secondary N) is 1. The molecule has 1 aliphatic rings. The van der Waals surface area contributed by atoms with Crippen LogP contribution in [-0.2, 0) is 4.74 Å². The van der Waals surface area contributed by atoms with Crippen LogP contribution in [0.4, 0.5) is 0 Å². The summed E-state index contributed by atoms with van der Waals surface area (Å²) in [6.45, 7) is 3.77. The van der Waals surface area contributed by atoms with Crippen LogP contribution in [0.2, 0.25) is 0 Å². The molecule has 16 heavy (non-hydrogen) atoms. The number of aliphatic hydroxyl groups excluding tert-OH is 1. The molecule has 0 radical (unpaired) electrons. The van der Waals surface area contributed by atoms with Gasteiger partial charge in [0.2, 0.25) is 0 Å². The quantitative estimate of drug-likeness (QED) is 0.549. The third-order valence-electron chi connectivity index (χ3n) is 2.87. The Bertz CT molecular complexity index is 214. The molecule has 0 bridgehead atoms. The Kier molecular flexibility index (Phi) is 6.68. The summed E-state index contributed by atoms with van der Waals surface area (Å²) in [4.78, 5) is 2.16. The van der Waals surface area contributed by atoms with Crippen LogP contribution in [-0.4, -0.2) is 55.1 Å². The maximum Gasteiger partial charge on any atom is 0.168 e. The average Bonchev–Trinajstić information content (AvgIpc) is 2.34. The Morgan fingerprint density at radius 2 is 2.44 bits per heavy atom. The Balaban J connectivity index is 2.19. The lowest BCUT2D eigenvalue weighted by atomic mass is 9.99. The van der Waals surface area contributed by atoms with E-state index in [-0.39, 0.29) is 6.61 Å². The monoisotopic (exact) mass is 246 g/mol. The van der Waals surface area contributed by atoms with E-state index in [1.54, 1.807) is 7.11 Å². The fraction of sp³-hybridized carbons (Fsp3) is 0.909. The van der Waals surface area contributed by atoms with Crippen molar-refractivity contribution in [2.75, 3.05) is 40.0 Å². The zero-order valence-corrected chi connectivity index (χ0v) is 10.8. The molecule has 1 heterocycles. The molecule has 1 atom stereocenters. The molecule has 0 spiro atoms. The number of aliphatic hydroxyl groups is 1. The Morgan fingerprint density at radius 1 is 1.62 bits per heavy atom. The molecule has 1 fully saturated rings. The Labute approximate surface area is 103 Å². The van der Waals surface area contributed by atoms with Gasteiger partial charge < -0.3 is 20.1 Å². The van der Waals surface area contributed by atoms with Gasteiger partial charge in [-0.15, -0.1) is 0 Å². The van der Waals surface area contributed by atoms with Gasteiger partial charge in [0.25, 0.3) is 0 Å². The topological polar surface area (TPSA) is 44.7 Å². The number of hydrogen-bond donors (Lipinski definition) is 2. The first kappa shape index (κ1) is 13.7. The smallest absolute Gasteiger partial charge is 0.168 e. The maximum absolute atomic E-state index is 9.13. The zero-order valence-electron chi connectivity index (χ0n) is 9.95. The second-order valence-corrected chi connectivity index (χ2v) is 4.60. The van der Waals surface area contributed by atoms with E-state index in [1.807, 2.05) is 0 Å². The van der Waals surface area contributed by atoms with Crippen LogP contribution in [0.5, 0.6) is 0 Å². The molecule has 4 nitrogen and oxygen atoms in total. The molecule has 0 aliphatic carbocycles. The third-order valence-corrected chi connectivity index (χ3v) is 3.27. The van der Waals surface area contributed by atoms with Gasteiger partial charge in [-0.1, -0.05) is 0 Å². The van der Waals surface area contributed by atoms with E-state index >= 15 is 0 Å². The first-order valence-corrected chi connectivity index (χ1v) is 6.31. The molecule has 0 amide bonds. The number of thiocarbonyl (C=S) groups is 1. The molecule has 0 saturated carbocycles. The van der Waals surface area contributed by atoms with Gasteiger partial charge in [0, 0.05) is 40.0 Å². The number of likely N-dealkylation sites (tertiary alicyclic amines) is 1. The first-order chi connectivity index (χ1) is 7.77. The fourth-order valence-corrected chi connectivity index (χ4v) is 2.19. The molecule has 0 aromatic heterocycles. The number of nitrogens with zero attached hydrogens (tertiary/aromatic N) is 1. The first-order valence-electron chi connectivity index (χ1n) is 5.90. The predicted octanol–water partition coefficient (Wildman–Crippen LogP) is 0.602. The minimum atomic E-state index is 0.267. The fourth-order valence-electron chi connectivity index (χ4n) is 1.92. The number of rotatable bonds is 5. The van der Waals surface area contributed by atoms with Crippen molar-refractivity contribution in [2.45, 2.75) is 19.3 Å². The normalized spacial score (nSPS) is 20.9. The largest absolute Gasteiger partial charge is 0.396 e. The molecule has 1 aliphatic heterocycles. The highest BCUT2D eigenvalue weighted by atomic mass is 32.1. The van der Waals surface area contributed by atoms with E-state index in [2.05, 4.69) is 10.2 Å². The highest BCUT2D eigenvalue weighted by Crippen LogP contribution is 2.15. The SMILES string of the molecule is COCCCNC(=S)N1CCCC(CO)C1. The molecule has 94 valence electrons. The molecule has 1 rings (SSSR count). The number of hydrogen-bond acceptors (Lipinski definition) is 3. The van der Waals surface area contributed by atoms with Crippen LogP contribution in [0.1, 0.15) is 19.3 Å². The van der Waals surface area contributed by atoms with Crippen LogP contribution in [0, 0.1) is 5.92 Å². The van der Waals surface area contributed by atoms with Crippen LogP contribution in [0.25, 0.3) is 0 Å². The molecule has 1 unspecified atom stereocenters. The Hall–Kier alpha value is -0.390. The van der Waals surface area contributed by atoms with Gasteiger partial charge in [0.05, 0.1) is 0 Å². The summed E-state index contributed by atoms with van der Waals surface area (Å²) < 4.78 is 4.97. The van der Waals surface area contributed by atoms with E-state index < -0.39 is 0 Å². The molecular weight excluding hydrogens is 224 g/mol. The van der Waals surface area contributed by atoms with Crippen molar-refractivity contribution in [1.82, 2.24) is 10.2 Å². The second kappa shape index (κ2) is 7.81. The summed E-state index contributed by atoms with van der Waals surface area (Å²) in [6.07, 6.45) is 3.19. The Morgan fingerprint density at radius 3 is 3.12 bits per heavy atom. The van der Waals surface area contributed by atoms with Crippen molar-refractivity contribution in [3.8, 4) is 0 Å². The van der Waals surface area contributed by atoms with Gasteiger partial charge in [-0.2, -0.15) is 0 Å². The lowest BCUT2D eigenvalue weighted by Gasteiger charge is -2.33. The summed E-state index contributed by atoms with van der Waals surface area (Å²) in [5.41, 5.74) is 0. The summed E-state index contributed by atoms with van der Waals surface area (Å²) in [7, 11) is 1.70. The van der Waals surface area contributed by atoms with Gasteiger partial charge in [-0.05, 0) is 37.4 Å². The number of piperidine rings is 1. The van der Waals surface area contributed by atoms with E-state index in [0.717, 1.165) is 50.6 Å². The van der Waals surface area contributed by atoms with E-state index in [0.29, 0.717) is 5.92 Å².